The molecular formula is C19H21N7O2S. The molecule has 4 rings (SSSR count). The lowest BCUT2D eigenvalue weighted by Crippen LogP contribution is -2.10. The topological polar surface area (TPSA) is 129 Å². The first kappa shape index (κ1) is 19.2. The number of pyridine rings is 1. The smallest absolute Gasteiger partial charge is 0.279 e. The van der Waals surface area contributed by atoms with Gasteiger partial charge in [-0.2, -0.15) is 4.98 Å². The van der Waals surface area contributed by atoms with E-state index in [1.165, 1.54) is 0 Å². The monoisotopic (exact) mass is 411 g/mol. The van der Waals surface area contributed by atoms with E-state index >= 15 is 0 Å². The fourth-order valence-electron chi connectivity index (χ4n) is 2.98. The average molecular weight is 411 g/mol. The van der Waals surface area contributed by atoms with Gasteiger partial charge in [-0.05, 0) is 31.9 Å². The van der Waals surface area contributed by atoms with Gasteiger partial charge in [0.15, 0.2) is 0 Å². The van der Waals surface area contributed by atoms with Gasteiger partial charge in [-0.3, -0.25) is 9.78 Å². The second-order valence-corrected chi connectivity index (χ2v) is 8.09. The number of carbonyl (C=O) groups excluding carboxylic acids is 1. The van der Waals surface area contributed by atoms with Crippen molar-refractivity contribution in [2.45, 2.75) is 32.7 Å². The third-order valence-corrected chi connectivity index (χ3v) is 5.53. The fraction of sp³-hybridized carbons (Fsp3) is 0.368. The van der Waals surface area contributed by atoms with Crippen molar-refractivity contribution in [3.8, 4) is 5.88 Å². The number of aromatic nitrogens is 5. The number of hydrogen-bond donors (Lipinski definition) is 2. The number of nitrogens with zero attached hydrogens (tertiary/aromatic N) is 5. The normalized spacial score (nSPS) is 17.7. The molecule has 10 heteroatoms. The molecule has 0 bridgehead atoms. The average Bonchev–Trinajstić information content (AvgIpc) is 3.30. The highest BCUT2D eigenvalue weighted by Gasteiger charge is 2.40. The summed E-state index contributed by atoms with van der Waals surface area (Å²) in [5.41, 5.74) is 7.49. The van der Waals surface area contributed by atoms with Crippen LogP contribution in [0, 0.1) is 19.8 Å². The van der Waals surface area contributed by atoms with Crippen LogP contribution in [-0.2, 0) is 6.54 Å². The van der Waals surface area contributed by atoms with E-state index in [4.69, 9.17) is 10.5 Å². The molecule has 1 saturated carbocycles. The summed E-state index contributed by atoms with van der Waals surface area (Å²) in [5, 5.41) is 11.7. The molecule has 150 valence electrons. The Labute approximate surface area is 171 Å². The summed E-state index contributed by atoms with van der Waals surface area (Å²) in [6, 6.07) is 5.94. The van der Waals surface area contributed by atoms with Crippen LogP contribution in [0.5, 0.6) is 5.88 Å². The summed E-state index contributed by atoms with van der Waals surface area (Å²) >= 11 is 1.15. The summed E-state index contributed by atoms with van der Waals surface area (Å²) < 4.78 is 5.91. The lowest BCUT2D eigenvalue weighted by atomic mass is 10.2. The predicted molar refractivity (Wildman–Crippen MR) is 108 cm³/mol. The molecule has 9 nitrogen and oxygen atoms in total. The molecule has 3 N–H and O–H groups in total. The van der Waals surface area contributed by atoms with Gasteiger partial charge >= 0.3 is 0 Å². The summed E-state index contributed by atoms with van der Waals surface area (Å²) in [7, 11) is 0. The van der Waals surface area contributed by atoms with Gasteiger partial charge in [-0.25, -0.2) is 4.98 Å². The third kappa shape index (κ3) is 4.83. The summed E-state index contributed by atoms with van der Waals surface area (Å²) in [6.07, 6.45) is 2.98. The van der Waals surface area contributed by atoms with Crippen molar-refractivity contribution in [1.82, 2.24) is 25.1 Å². The van der Waals surface area contributed by atoms with Crippen LogP contribution in [0.25, 0.3) is 0 Å². The standard InChI is InChI=1S/C19H21N7O2S/c1-10-3-4-14(21-7-10)13-5-12(13)9-28-16-6-15(23-11(2)24-16)22-8-17-25-26-19(29-17)18(20)27/h3-4,6-7,12-13H,5,8-9H2,1-2H3,(H2,20,27)(H,22,23,24)/t12-,13?/m1/s1. The molecule has 3 aromatic rings. The zero-order valence-electron chi connectivity index (χ0n) is 16.1. The number of aryl methyl sites for hydroxylation is 2. The minimum atomic E-state index is -0.582. The number of ether oxygens (including phenoxy) is 1. The maximum absolute atomic E-state index is 11.1. The summed E-state index contributed by atoms with van der Waals surface area (Å²) in [5.74, 6) is 2.07. The lowest BCUT2D eigenvalue weighted by molar-refractivity contribution is 0.0999. The molecule has 2 atom stereocenters. The molecular weight excluding hydrogens is 390 g/mol. The van der Waals surface area contributed by atoms with Crippen molar-refractivity contribution in [2.75, 3.05) is 11.9 Å². The van der Waals surface area contributed by atoms with Gasteiger partial charge in [0.25, 0.3) is 5.91 Å². The van der Waals surface area contributed by atoms with E-state index in [0.29, 0.717) is 47.5 Å². The van der Waals surface area contributed by atoms with Gasteiger partial charge < -0.3 is 15.8 Å². The number of rotatable bonds is 8. The quantitative estimate of drug-likeness (QED) is 0.577. The van der Waals surface area contributed by atoms with Gasteiger partial charge in [-0.15, -0.1) is 10.2 Å². The van der Waals surface area contributed by atoms with E-state index < -0.39 is 5.91 Å². The molecule has 0 aliphatic heterocycles. The first-order chi connectivity index (χ1) is 14.0. The zero-order chi connectivity index (χ0) is 20.4. The van der Waals surface area contributed by atoms with Crippen LogP contribution in [0.3, 0.4) is 0 Å². The molecule has 1 aliphatic rings. The van der Waals surface area contributed by atoms with E-state index in [-0.39, 0.29) is 5.01 Å². The van der Waals surface area contributed by atoms with Crippen molar-refractivity contribution < 1.29 is 9.53 Å². The molecule has 1 fully saturated rings. The highest BCUT2D eigenvalue weighted by Crippen LogP contribution is 2.46. The van der Waals surface area contributed by atoms with Crippen molar-refractivity contribution in [1.29, 1.82) is 0 Å². The maximum atomic E-state index is 11.1. The molecule has 1 amide bonds. The molecule has 0 radical (unpaired) electrons. The van der Waals surface area contributed by atoms with Crippen LogP contribution >= 0.6 is 11.3 Å². The van der Waals surface area contributed by atoms with Crippen LogP contribution in [0.15, 0.2) is 24.4 Å². The first-order valence-corrected chi connectivity index (χ1v) is 10.1. The van der Waals surface area contributed by atoms with Crippen LogP contribution in [0.2, 0.25) is 0 Å². The van der Waals surface area contributed by atoms with E-state index in [1.807, 2.05) is 20.0 Å². The molecule has 0 spiro atoms. The van der Waals surface area contributed by atoms with E-state index in [2.05, 4.69) is 42.6 Å². The Balaban J connectivity index is 1.32. The molecule has 3 heterocycles. The first-order valence-electron chi connectivity index (χ1n) is 9.25. The Morgan fingerprint density at radius 1 is 1.31 bits per heavy atom. The second-order valence-electron chi connectivity index (χ2n) is 7.03. The lowest BCUT2D eigenvalue weighted by Gasteiger charge is -2.09. The number of carbonyl (C=O) groups is 1. The number of amides is 1. The van der Waals surface area contributed by atoms with Gasteiger partial charge in [0.05, 0.1) is 13.2 Å². The Hall–Kier alpha value is -3.14. The predicted octanol–water partition coefficient (Wildman–Crippen LogP) is 2.23. The van der Waals surface area contributed by atoms with Crippen LogP contribution in [0.4, 0.5) is 5.82 Å². The highest BCUT2D eigenvalue weighted by atomic mass is 32.1. The van der Waals surface area contributed by atoms with E-state index in [9.17, 15) is 4.79 Å². The Morgan fingerprint density at radius 2 is 2.17 bits per heavy atom. The van der Waals surface area contributed by atoms with Crippen molar-refractivity contribution in [3.63, 3.8) is 0 Å². The molecule has 29 heavy (non-hydrogen) atoms. The maximum Gasteiger partial charge on any atom is 0.279 e. The van der Waals surface area contributed by atoms with Crippen LogP contribution in [-0.4, -0.2) is 37.7 Å². The second kappa shape index (κ2) is 8.08. The Morgan fingerprint density at radius 3 is 2.90 bits per heavy atom. The molecule has 0 saturated heterocycles. The summed E-state index contributed by atoms with van der Waals surface area (Å²) in [4.78, 5) is 24.3. The minimum Gasteiger partial charge on any atom is -0.477 e. The number of nitrogens with two attached hydrogens (primary N) is 1. The molecule has 1 aliphatic carbocycles. The third-order valence-electron chi connectivity index (χ3n) is 4.59. The fourth-order valence-corrected chi connectivity index (χ4v) is 3.61. The van der Waals surface area contributed by atoms with Gasteiger partial charge in [-0.1, -0.05) is 17.4 Å². The van der Waals surface area contributed by atoms with Gasteiger partial charge in [0.2, 0.25) is 10.9 Å². The van der Waals surface area contributed by atoms with E-state index in [0.717, 1.165) is 29.0 Å². The van der Waals surface area contributed by atoms with E-state index in [1.54, 1.807) is 6.07 Å². The van der Waals surface area contributed by atoms with Crippen LogP contribution in [0.1, 0.15) is 44.2 Å². The summed E-state index contributed by atoms with van der Waals surface area (Å²) in [6.45, 7) is 4.82. The molecule has 3 aromatic heterocycles. The van der Waals surface area contributed by atoms with Crippen molar-refractivity contribution >= 4 is 23.1 Å². The van der Waals surface area contributed by atoms with Crippen molar-refractivity contribution in [2.24, 2.45) is 11.7 Å². The Bertz CT molecular complexity index is 1020. The Kier molecular flexibility index (Phi) is 5.34. The SMILES string of the molecule is Cc1ccc(C2C[C@@H]2COc2cc(NCc3nnc(C(N)=O)s3)nc(C)n2)nc1. The molecule has 0 aromatic carbocycles. The number of nitrogens with one attached hydrogen (secondary N) is 1. The largest absolute Gasteiger partial charge is 0.477 e. The number of anilines is 1. The number of hydrogen-bond acceptors (Lipinski definition) is 9. The van der Waals surface area contributed by atoms with Crippen molar-refractivity contribution in [3.05, 3.63) is 51.5 Å². The van der Waals surface area contributed by atoms with Gasteiger partial charge in [0, 0.05) is 29.8 Å². The molecule has 1 unspecified atom stereocenters. The highest BCUT2D eigenvalue weighted by molar-refractivity contribution is 7.13. The minimum absolute atomic E-state index is 0.187. The van der Waals surface area contributed by atoms with Gasteiger partial charge in [0.1, 0.15) is 16.6 Å². The zero-order valence-corrected chi connectivity index (χ0v) is 16.9. The number of primary amides is 1. The van der Waals surface area contributed by atoms with Crippen LogP contribution < -0.4 is 15.8 Å².